The van der Waals surface area contributed by atoms with Crippen LogP contribution in [-0.4, -0.2) is 34.3 Å². The molecule has 1 aromatic carbocycles. The largest absolute Gasteiger partial charge is 0.497 e. The molecule has 0 atom stereocenters. The fourth-order valence-corrected chi connectivity index (χ4v) is 2.96. The van der Waals surface area contributed by atoms with Crippen LogP contribution < -0.4 is 4.74 Å². The predicted octanol–water partition coefficient (Wildman–Crippen LogP) is 2.61. The lowest BCUT2D eigenvalue weighted by molar-refractivity contribution is -0.129. The van der Waals surface area contributed by atoms with Gasteiger partial charge in [-0.1, -0.05) is 12.1 Å². The fourth-order valence-electron chi connectivity index (χ4n) is 2.24. The predicted molar refractivity (Wildman–Crippen MR) is 86.2 cm³/mol. The lowest BCUT2D eigenvalue weighted by Gasteiger charge is -2.17. The Morgan fingerprint density at radius 3 is 2.82 bits per heavy atom. The van der Waals surface area contributed by atoms with Crippen molar-refractivity contribution >= 4 is 22.2 Å². The van der Waals surface area contributed by atoms with Gasteiger partial charge in [-0.3, -0.25) is 9.20 Å². The number of hydrogen-bond acceptors (Lipinski definition) is 4. The first-order chi connectivity index (χ1) is 10.7. The van der Waals surface area contributed by atoms with Crippen LogP contribution in [0.4, 0.5) is 0 Å². The molecule has 0 N–H and O–H groups in total. The number of benzene rings is 1. The van der Waals surface area contributed by atoms with Gasteiger partial charge in [0, 0.05) is 31.4 Å². The zero-order valence-corrected chi connectivity index (χ0v) is 13.3. The molecule has 0 radical (unpaired) electrons. The van der Waals surface area contributed by atoms with E-state index in [1.165, 1.54) is 0 Å². The maximum atomic E-state index is 12.3. The first-order valence-corrected chi connectivity index (χ1v) is 7.81. The van der Waals surface area contributed by atoms with Gasteiger partial charge in [-0.15, -0.1) is 11.3 Å². The number of carbonyl (C=O) groups excluding carboxylic acids is 1. The van der Waals surface area contributed by atoms with E-state index in [2.05, 4.69) is 4.98 Å². The first-order valence-electron chi connectivity index (χ1n) is 6.93. The van der Waals surface area contributed by atoms with Crippen molar-refractivity contribution in [2.24, 2.45) is 0 Å². The van der Waals surface area contributed by atoms with Crippen molar-refractivity contribution in [3.8, 4) is 5.75 Å². The van der Waals surface area contributed by atoms with Gasteiger partial charge in [-0.05, 0) is 17.7 Å². The van der Waals surface area contributed by atoms with Crippen LogP contribution >= 0.6 is 11.3 Å². The minimum atomic E-state index is 0.0570. The Kier molecular flexibility index (Phi) is 4.11. The van der Waals surface area contributed by atoms with Crippen LogP contribution in [0.15, 0.2) is 42.0 Å². The van der Waals surface area contributed by atoms with Crippen molar-refractivity contribution in [3.05, 3.63) is 53.3 Å². The minimum absolute atomic E-state index is 0.0570. The number of imidazole rings is 1. The van der Waals surface area contributed by atoms with Gasteiger partial charge in [-0.2, -0.15) is 0 Å². The van der Waals surface area contributed by atoms with Gasteiger partial charge in [0.15, 0.2) is 4.96 Å². The Balaban J connectivity index is 1.62. The summed E-state index contributed by atoms with van der Waals surface area (Å²) in [5.41, 5.74) is 1.88. The van der Waals surface area contributed by atoms with E-state index in [-0.39, 0.29) is 5.91 Å². The molecule has 0 aliphatic rings. The number of fused-ring (bicyclic) bond motifs is 1. The molecule has 0 aliphatic carbocycles. The van der Waals surface area contributed by atoms with E-state index >= 15 is 0 Å². The molecule has 6 heteroatoms. The highest BCUT2D eigenvalue weighted by Gasteiger charge is 2.13. The summed E-state index contributed by atoms with van der Waals surface area (Å²) >= 11 is 1.56. The zero-order chi connectivity index (χ0) is 15.5. The van der Waals surface area contributed by atoms with Crippen molar-refractivity contribution in [3.63, 3.8) is 0 Å². The molecule has 22 heavy (non-hydrogen) atoms. The summed E-state index contributed by atoms with van der Waals surface area (Å²) in [5, 5.41) is 1.98. The molecule has 0 aliphatic heterocycles. The van der Waals surface area contributed by atoms with Gasteiger partial charge in [-0.25, -0.2) is 4.98 Å². The Hall–Kier alpha value is -2.34. The van der Waals surface area contributed by atoms with Gasteiger partial charge in [0.25, 0.3) is 0 Å². The van der Waals surface area contributed by atoms with E-state index in [1.54, 1.807) is 23.3 Å². The first kappa shape index (κ1) is 14.6. The van der Waals surface area contributed by atoms with E-state index in [0.717, 1.165) is 22.0 Å². The number of aromatic nitrogens is 2. The fraction of sp³-hybridized carbons (Fsp3) is 0.250. The molecule has 0 spiro atoms. The summed E-state index contributed by atoms with van der Waals surface area (Å²) in [6.07, 6.45) is 4.17. The van der Waals surface area contributed by atoms with Gasteiger partial charge < -0.3 is 9.64 Å². The topological polar surface area (TPSA) is 46.8 Å². The van der Waals surface area contributed by atoms with Crippen LogP contribution in [0.1, 0.15) is 11.3 Å². The van der Waals surface area contributed by atoms with Crippen LogP contribution in [0, 0.1) is 0 Å². The average Bonchev–Trinajstić information content (AvgIpc) is 3.09. The molecule has 3 aromatic rings. The number of rotatable bonds is 5. The third-order valence-electron chi connectivity index (χ3n) is 3.48. The van der Waals surface area contributed by atoms with E-state index in [4.69, 9.17) is 4.74 Å². The number of amides is 1. The highest BCUT2D eigenvalue weighted by Crippen LogP contribution is 2.14. The molecule has 114 valence electrons. The van der Waals surface area contributed by atoms with E-state index in [0.29, 0.717) is 13.0 Å². The summed E-state index contributed by atoms with van der Waals surface area (Å²) in [7, 11) is 3.45. The summed E-state index contributed by atoms with van der Waals surface area (Å²) in [5.74, 6) is 0.873. The Labute approximate surface area is 132 Å². The highest BCUT2D eigenvalue weighted by atomic mass is 32.1. The molecule has 0 bridgehead atoms. The molecule has 3 rings (SSSR count). The van der Waals surface area contributed by atoms with E-state index in [1.807, 2.05) is 53.5 Å². The Morgan fingerprint density at radius 1 is 1.36 bits per heavy atom. The second kappa shape index (κ2) is 6.19. The lowest BCUT2D eigenvalue weighted by atomic mass is 10.2. The van der Waals surface area contributed by atoms with Crippen LogP contribution in [0.2, 0.25) is 0 Å². The molecule has 2 heterocycles. The number of methoxy groups -OCH3 is 1. The number of hydrogen-bond donors (Lipinski definition) is 0. The van der Waals surface area contributed by atoms with Gasteiger partial charge in [0.2, 0.25) is 5.91 Å². The van der Waals surface area contributed by atoms with Crippen molar-refractivity contribution < 1.29 is 9.53 Å². The second-order valence-electron chi connectivity index (χ2n) is 5.10. The molecule has 0 fully saturated rings. The molecule has 2 aromatic heterocycles. The molecule has 0 unspecified atom stereocenters. The van der Waals surface area contributed by atoms with Crippen LogP contribution in [-0.2, 0) is 17.8 Å². The van der Waals surface area contributed by atoms with Crippen molar-refractivity contribution in [1.82, 2.24) is 14.3 Å². The molecule has 1 amide bonds. The molecular weight excluding hydrogens is 298 g/mol. The van der Waals surface area contributed by atoms with Crippen LogP contribution in [0.5, 0.6) is 5.75 Å². The molecule has 5 nitrogen and oxygen atoms in total. The summed E-state index contributed by atoms with van der Waals surface area (Å²) in [4.78, 5) is 19.4. The zero-order valence-electron chi connectivity index (χ0n) is 12.5. The summed E-state index contributed by atoms with van der Waals surface area (Å²) < 4.78 is 7.07. The Morgan fingerprint density at radius 2 is 2.14 bits per heavy atom. The number of carbonyl (C=O) groups is 1. The minimum Gasteiger partial charge on any atom is -0.497 e. The number of nitrogens with zero attached hydrogens (tertiary/aromatic N) is 3. The molecule has 0 saturated carbocycles. The van der Waals surface area contributed by atoms with Crippen molar-refractivity contribution in [2.45, 2.75) is 13.0 Å². The molecule has 0 saturated heterocycles. The third-order valence-corrected chi connectivity index (χ3v) is 4.25. The van der Waals surface area contributed by atoms with Gasteiger partial charge in [0.1, 0.15) is 5.75 Å². The van der Waals surface area contributed by atoms with Crippen molar-refractivity contribution in [1.29, 1.82) is 0 Å². The third kappa shape index (κ3) is 3.12. The van der Waals surface area contributed by atoms with Crippen LogP contribution in [0.3, 0.4) is 0 Å². The SMILES string of the molecule is COc1ccc(CN(C)C(=O)Cc2cn3ccsc3n2)cc1. The van der Waals surface area contributed by atoms with Crippen LogP contribution in [0.25, 0.3) is 4.96 Å². The number of thiazole rings is 1. The second-order valence-corrected chi connectivity index (χ2v) is 5.97. The quantitative estimate of drug-likeness (QED) is 0.727. The maximum Gasteiger partial charge on any atom is 0.228 e. The van der Waals surface area contributed by atoms with Gasteiger partial charge >= 0.3 is 0 Å². The lowest BCUT2D eigenvalue weighted by Crippen LogP contribution is -2.27. The average molecular weight is 315 g/mol. The monoisotopic (exact) mass is 315 g/mol. The standard InChI is InChI=1S/C16H17N3O2S/c1-18(10-12-3-5-14(21-2)6-4-12)15(20)9-13-11-19-7-8-22-16(19)17-13/h3-8,11H,9-10H2,1-2H3. The molecular formula is C16H17N3O2S. The normalized spacial score (nSPS) is 10.8. The van der Waals surface area contributed by atoms with Crippen molar-refractivity contribution in [2.75, 3.05) is 14.2 Å². The van der Waals surface area contributed by atoms with E-state index < -0.39 is 0 Å². The maximum absolute atomic E-state index is 12.3. The Bertz CT molecular complexity index is 748. The summed E-state index contributed by atoms with van der Waals surface area (Å²) in [6, 6.07) is 7.73. The highest BCUT2D eigenvalue weighted by molar-refractivity contribution is 7.15. The number of ether oxygens (including phenoxy) is 1. The number of likely N-dealkylation sites (N-methyl/N-ethyl adjacent to an activating group) is 1. The van der Waals surface area contributed by atoms with Gasteiger partial charge in [0.05, 0.1) is 19.2 Å². The smallest absolute Gasteiger partial charge is 0.228 e. The summed E-state index contributed by atoms with van der Waals surface area (Å²) in [6.45, 7) is 0.574. The van der Waals surface area contributed by atoms with E-state index in [9.17, 15) is 4.79 Å².